The fraction of sp³-hybridized carbons (Fsp3) is 0.220. The number of furan rings is 1. The van der Waals surface area contributed by atoms with Gasteiger partial charge in [-0.15, -0.1) is 0 Å². The molecule has 2 atom stereocenters. The van der Waals surface area contributed by atoms with E-state index in [9.17, 15) is 0 Å². The molecule has 0 amide bonds. The highest BCUT2D eigenvalue weighted by Gasteiger charge is 2.40. The number of allylic oxidation sites excluding steroid dienone is 2. The van der Waals surface area contributed by atoms with Gasteiger partial charge in [-0.1, -0.05) is 61.2 Å². The molecule has 4 heteroatoms. The Balaban J connectivity index is 1.28. The summed E-state index contributed by atoms with van der Waals surface area (Å²) in [5, 5.41) is 5.89. The van der Waals surface area contributed by atoms with Gasteiger partial charge in [0.25, 0.3) is 0 Å². The summed E-state index contributed by atoms with van der Waals surface area (Å²) in [6.45, 7) is 13.2. The first-order chi connectivity index (χ1) is 21.9. The zero-order valence-electron chi connectivity index (χ0n) is 26.4. The van der Waals surface area contributed by atoms with E-state index in [-0.39, 0.29) is 0 Å². The van der Waals surface area contributed by atoms with E-state index in [4.69, 9.17) is 9.40 Å². The highest BCUT2D eigenvalue weighted by molar-refractivity contribution is 6.08. The molecule has 0 fully saturated rings. The van der Waals surface area contributed by atoms with Gasteiger partial charge in [0.05, 0.1) is 11.6 Å². The maximum Gasteiger partial charge on any atom is 0.227 e. The number of nitrogens with zero attached hydrogens (tertiary/aromatic N) is 2. The van der Waals surface area contributed by atoms with Crippen molar-refractivity contribution in [2.24, 2.45) is 0 Å². The van der Waals surface area contributed by atoms with Crippen LogP contribution in [-0.4, -0.2) is 4.98 Å². The first-order valence-corrected chi connectivity index (χ1v) is 16.1. The Labute approximate surface area is 264 Å². The van der Waals surface area contributed by atoms with Crippen molar-refractivity contribution >= 4 is 27.8 Å². The number of benzene rings is 3. The van der Waals surface area contributed by atoms with Crippen LogP contribution in [0.3, 0.4) is 0 Å². The van der Waals surface area contributed by atoms with E-state index in [0.29, 0.717) is 17.7 Å². The number of hydrogen-bond donors (Lipinski definition) is 1. The predicted octanol–water partition coefficient (Wildman–Crippen LogP) is 9.67. The van der Waals surface area contributed by atoms with Crippen LogP contribution in [0.1, 0.15) is 65.1 Å². The van der Waals surface area contributed by atoms with E-state index in [2.05, 4.69) is 135 Å². The summed E-state index contributed by atoms with van der Waals surface area (Å²) in [7, 11) is 0. The third kappa shape index (κ3) is 4.42. The van der Waals surface area contributed by atoms with Gasteiger partial charge in [-0.2, -0.15) is 4.57 Å². The molecule has 0 saturated carbocycles. The molecule has 6 aromatic rings. The Kier molecular flexibility index (Phi) is 6.49. The molecule has 0 bridgehead atoms. The van der Waals surface area contributed by atoms with E-state index in [1.807, 2.05) is 0 Å². The molecule has 222 valence electrons. The standard InChI is InChI=1S/C41H38N3O/c1-6-34-39-28(15-17-31-32-18-19-35(43-41(32)45-40(31)39)38-25(3)10-9-11-26(38)4)16-21-37-33(22-27(5)42-34)29-12-7-8-13-30(29)36-20-14-24(2)23-44(36)37/h6-15,17-20,23,33,37,42H,5,16,21-22H2,1-4H3/q+1/b34-6-. The van der Waals surface area contributed by atoms with Gasteiger partial charge in [0.2, 0.25) is 11.4 Å². The lowest BCUT2D eigenvalue weighted by Crippen LogP contribution is -2.48. The first-order valence-electron chi connectivity index (χ1n) is 16.1. The molecule has 0 spiro atoms. The molecule has 45 heavy (non-hydrogen) atoms. The zero-order chi connectivity index (χ0) is 30.8. The molecule has 3 aromatic carbocycles. The number of nitrogens with one attached hydrogen (secondary N) is 1. The molecule has 2 unspecified atom stereocenters. The third-order valence-corrected chi connectivity index (χ3v) is 9.96. The summed E-state index contributed by atoms with van der Waals surface area (Å²) in [6, 6.07) is 29.0. The van der Waals surface area contributed by atoms with Crippen molar-refractivity contribution in [3.05, 3.63) is 137 Å². The van der Waals surface area contributed by atoms with Gasteiger partial charge in [-0.3, -0.25) is 0 Å². The van der Waals surface area contributed by atoms with Gasteiger partial charge < -0.3 is 9.73 Å². The van der Waals surface area contributed by atoms with Gasteiger partial charge >= 0.3 is 0 Å². The molecule has 0 saturated heterocycles. The Morgan fingerprint density at radius 2 is 1.69 bits per heavy atom. The minimum atomic E-state index is 0.307. The van der Waals surface area contributed by atoms with Gasteiger partial charge in [0, 0.05) is 63.3 Å². The normalized spacial score (nSPS) is 18.7. The van der Waals surface area contributed by atoms with Gasteiger partial charge in [-0.05, 0) is 80.6 Å². The fourth-order valence-corrected chi connectivity index (χ4v) is 7.88. The van der Waals surface area contributed by atoms with Gasteiger partial charge in [0.15, 0.2) is 12.2 Å². The largest absolute Gasteiger partial charge is 0.437 e. The average molecular weight is 589 g/mol. The number of aromatic nitrogens is 2. The van der Waals surface area contributed by atoms with Crippen molar-refractivity contribution < 1.29 is 8.98 Å². The second kappa shape index (κ2) is 10.6. The number of rotatable bonds is 1. The maximum absolute atomic E-state index is 6.73. The van der Waals surface area contributed by atoms with E-state index in [1.165, 1.54) is 44.6 Å². The highest BCUT2D eigenvalue weighted by atomic mass is 16.3. The molecule has 0 radical (unpaired) electrons. The molecule has 1 N–H and O–H groups in total. The summed E-state index contributed by atoms with van der Waals surface area (Å²) >= 11 is 0. The molecule has 0 aliphatic carbocycles. The Morgan fingerprint density at radius 1 is 0.889 bits per heavy atom. The summed E-state index contributed by atoms with van der Waals surface area (Å²) in [4.78, 5) is 5.08. The third-order valence-electron chi connectivity index (χ3n) is 9.96. The minimum absolute atomic E-state index is 0.307. The molecule has 2 aliphatic rings. The van der Waals surface area contributed by atoms with E-state index in [1.54, 1.807) is 0 Å². The SMILES string of the molecule is C=C1CC2c3ccccc3-c3ccc(C)c[n+]3C2CCc2ccc3c(oc4nc(-c5c(C)cccc5C)ccc43)c2/C(=C/C)N1. The van der Waals surface area contributed by atoms with Crippen molar-refractivity contribution in [3.8, 4) is 22.5 Å². The smallest absolute Gasteiger partial charge is 0.227 e. The van der Waals surface area contributed by atoms with E-state index < -0.39 is 0 Å². The summed E-state index contributed by atoms with van der Waals surface area (Å²) in [5.74, 6) is 0.322. The quantitative estimate of drug-likeness (QED) is 0.195. The molecular formula is C41H38N3O+. The minimum Gasteiger partial charge on any atom is -0.437 e. The molecule has 4 nitrogen and oxygen atoms in total. The van der Waals surface area contributed by atoms with E-state index >= 15 is 0 Å². The van der Waals surface area contributed by atoms with Crippen LogP contribution in [-0.2, 0) is 6.42 Å². The molecule has 3 aromatic heterocycles. The van der Waals surface area contributed by atoms with Gasteiger partial charge in [-0.25, -0.2) is 4.98 Å². The van der Waals surface area contributed by atoms with Crippen molar-refractivity contribution in [1.82, 2.24) is 10.3 Å². The molecule has 8 rings (SSSR count). The predicted molar refractivity (Wildman–Crippen MR) is 184 cm³/mol. The van der Waals surface area contributed by atoms with Crippen LogP contribution in [0, 0.1) is 20.8 Å². The van der Waals surface area contributed by atoms with Crippen molar-refractivity contribution in [2.75, 3.05) is 0 Å². The number of aryl methyl sites for hydroxylation is 4. The van der Waals surface area contributed by atoms with Crippen LogP contribution in [0.15, 0.2) is 108 Å². The topological polar surface area (TPSA) is 41.9 Å². The van der Waals surface area contributed by atoms with Crippen molar-refractivity contribution in [2.45, 2.75) is 58.9 Å². The second-order valence-electron chi connectivity index (χ2n) is 12.8. The monoisotopic (exact) mass is 588 g/mol. The van der Waals surface area contributed by atoms with Crippen LogP contribution in [0.25, 0.3) is 50.3 Å². The van der Waals surface area contributed by atoms with Crippen LogP contribution in [0.5, 0.6) is 0 Å². The van der Waals surface area contributed by atoms with Crippen molar-refractivity contribution in [1.29, 1.82) is 0 Å². The highest BCUT2D eigenvalue weighted by Crippen LogP contribution is 2.45. The molecular weight excluding hydrogens is 550 g/mol. The number of fused-ring (bicyclic) bond motifs is 11. The lowest BCUT2D eigenvalue weighted by atomic mass is 9.77. The van der Waals surface area contributed by atoms with Gasteiger partial charge in [0.1, 0.15) is 5.58 Å². The number of hydrogen-bond acceptors (Lipinski definition) is 3. The van der Waals surface area contributed by atoms with Crippen LogP contribution in [0.2, 0.25) is 0 Å². The second-order valence-corrected chi connectivity index (χ2v) is 12.8. The van der Waals surface area contributed by atoms with E-state index in [0.717, 1.165) is 58.3 Å². The summed E-state index contributed by atoms with van der Waals surface area (Å²) in [5.41, 5.74) is 15.9. The Hall–Kier alpha value is -4.96. The molecule has 5 heterocycles. The lowest BCUT2D eigenvalue weighted by molar-refractivity contribution is -0.719. The number of pyridine rings is 2. The first kappa shape index (κ1) is 27.6. The van der Waals surface area contributed by atoms with Crippen molar-refractivity contribution in [3.63, 3.8) is 0 Å². The average Bonchev–Trinajstić information content (AvgIpc) is 3.41. The fourth-order valence-electron chi connectivity index (χ4n) is 7.88. The summed E-state index contributed by atoms with van der Waals surface area (Å²) in [6.07, 6.45) is 7.29. The molecule has 2 aliphatic heterocycles. The summed E-state index contributed by atoms with van der Waals surface area (Å²) < 4.78 is 9.26. The zero-order valence-corrected chi connectivity index (χ0v) is 26.4. The van der Waals surface area contributed by atoms with Crippen LogP contribution in [0.4, 0.5) is 0 Å². The Morgan fingerprint density at radius 3 is 2.51 bits per heavy atom. The van der Waals surface area contributed by atoms with Crippen LogP contribution >= 0.6 is 0 Å². The lowest BCUT2D eigenvalue weighted by Gasteiger charge is -2.33. The van der Waals surface area contributed by atoms with Crippen LogP contribution < -0.4 is 9.88 Å². The maximum atomic E-state index is 6.73. The Bertz CT molecular complexity index is 2180.